The van der Waals surface area contributed by atoms with E-state index < -0.39 is 0 Å². The zero-order chi connectivity index (χ0) is 15.5. The lowest BCUT2D eigenvalue weighted by Crippen LogP contribution is -2.47. The monoisotopic (exact) mass is 362 g/mol. The molecular weight excluding hydrogens is 344 g/mol. The lowest BCUT2D eigenvalue weighted by Gasteiger charge is -2.35. The second kappa shape index (κ2) is 6.48. The Labute approximate surface area is 138 Å². The highest BCUT2D eigenvalue weighted by atomic mass is 79.9. The highest BCUT2D eigenvalue weighted by molar-refractivity contribution is 9.10. The highest BCUT2D eigenvalue weighted by Gasteiger charge is 2.19. The van der Waals surface area contributed by atoms with Crippen molar-refractivity contribution in [2.24, 2.45) is 0 Å². The lowest BCUT2D eigenvalue weighted by atomic mass is 10.3. The molecule has 0 aliphatic carbocycles. The fraction of sp³-hybridized carbons (Fsp3) is 0.400. The maximum Gasteiger partial charge on any atom is 0.151 e. The Hall–Kier alpha value is -1.89. The van der Waals surface area contributed by atoms with Crippen LogP contribution in [0.25, 0.3) is 0 Å². The van der Waals surface area contributed by atoms with E-state index in [4.69, 9.17) is 0 Å². The predicted molar refractivity (Wildman–Crippen MR) is 92.7 cm³/mol. The highest BCUT2D eigenvalue weighted by Crippen LogP contribution is 2.19. The summed E-state index contributed by atoms with van der Waals surface area (Å²) in [6.45, 7) is 3.72. The zero-order valence-corrected chi connectivity index (χ0v) is 14.4. The standard InChI is InChI=1S/C15H19BrN6/c1-20(2)14-5-6-15(19-18-14)22-9-7-21(8-10-22)13-4-3-12(16)11-17-13/h3-6,11H,7-10H2,1-2H3. The Morgan fingerprint density at radius 1 is 0.909 bits per heavy atom. The Bertz CT molecular complexity index is 605. The van der Waals surface area contributed by atoms with E-state index in [2.05, 4.69) is 40.9 Å². The molecule has 2 aromatic heterocycles. The van der Waals surface area contributed by atoms with Crippen molar-refractivity contribution in [1.82, 2.24) is 15.2 Å². The molecule has 3 heterocycles. The molecule has 0 spiro atoms. The van der Waals surface area contributed by atoms with Gasteiger partial charge in [-0.05, 0) is 40.2 Å². The third-order valence-corrected chi connectivity index (χ3v) is 4.20. The molecule has 6 nitrogen and oxygen atoms in total. The van der Waals surface area contributed by atoms with E-state index in [1.165, 1.54) is 0 Å². The van der Waals surface area contributed by atoms with Crippen molar-refractivity contribution in [3.05, 3.63) is 34.9 Å². The Morgan fingerprint density at radius 2 is 1.55 bits per heavy atom. The number of hydrogen-bond donors (Lipinski definition) is 0. The molecule has 1 saturated heterocycles. The first-order valence-corrected chi connectivity index (χ1v) is 8.05. The molecule has 116 valence electrons. The van der Waals surface area contributed by atoms with E-state index in [9.17, 15) is 0 Å². The van der Waals surface area contributed by atoms with Gasteiger partial charge in [0.25, 0.3) is 0 Å². The number of aromatic nitrogens is 3. The second-order valence-electron chi connectivity index (χ2n) is 5.45. The maximum atomic E-state index is 4.46. The smallest absolute Gasteiger partial charge is 0.151 e. The molecule has 22 heavy (non-hydrogen) atoms. The number of rotatable bonds is 3. The van der Waals surface area contributed by atoms with Crippen LogP contribution in [0.4, 0.5) is 17.5 Å². The summed E-state index contributed by atoms with van der Waals surface area (Å²) >= 11 is 3.42. The molecule has 2 aromatic rings. The largest absolute Gasteiger partial charge is 0.361 e. The fourth-order valence-electron chi connectivity index (χ4n) is 2.45. The van der Waals surface area contributed by atoms with Crippen LogP contribution in [0, 0.1) is 0 Å². The van der Waals surface area contributed by atoms with Gasteiger partial charge in [-0.15, -0.1) is 10.2 Å². The van der Waals surface area contributed by atoms with Gasteiger partial charge in [0.1, 0.15) is 5.82 Å². The summed E-state index contributed by atoms with van der Waals surface area (Å²) in [6.07, 6.45) is 1.84. The first kappa shape index (κ1) is 15.0. The number of piperazine rings is 1. The van der Waals surface area contributed by atoms with Crippen LogP contribution in [0.15, 0.2) is 34.9 Å². The van der Waals surface area contributed by atoms with E-state index in [1.54, 1.807) is 0 Å². The van der Waals surface area contributed by atoms with Crippen LogP contribution >= 0.6 is 15.9 Å². The van der Waals surface area contributed by atoms with E-state index >= 15 is 0 Å². The summed E-state index contributed by atoms with van der Waals surface area (Å²) in [5, 5.41) is 8.57. The van der Waals surface area contributed by atoms with Crippen LogP contribution in [-0.2, 0) is 0 Å². The molecule has 0 amide bonds. The SMILES string of the molecule is CN(C)c1ccc(N2CCN(c3ccc(Br)cn3)CC2)nn1. The van der Waals surface area contributed by atoms with Crippen molar-refractivity contribution < 1.29 is 0 Å². The first-order chi connectivity index (χ1) is 10.6. The number of pyridine rings is 1. The molecule has 0 N–H and O–H groups in total. The molecule has 7 heteroatoms. The van der Waals surface area contributed by atoms with Crippen LogP contribution in [0.2, 0.25) is 0 Å². The summed E-state index contributed by atoms with van der Waals surface area (Å²) in [4.78, 5) is 11.0. The molecule has 0 aromatic carbocycles. The topological polar surface area (TPSA) is 48.4 Å². The number of anilines is 3. The van der Waals surface area contributed by atoms with E-state index in [0.29, 0.717) is 0 Å². The predicted octanol–water partition coefficient (Wildman–Crippen LogP) is 2.03. The summed E-state index contributed by atoms with van der Waals surface area (Å²) in [5.41, 5.74) is 0. The average molecular weight is 363 g/mol. The van der Waals surface area contributed by atoms with Gasteiger partial charge in [0.05, 0.1) is 0 Å². The van der Waals surface area contributed by atoms with Gasteiger partial charge in [0.15, 0.2) is 11.6 Å². The summed E-state index contributed by atoms with van der Waals surface area (Å²) in [7, 11) is 3.93. The van der Waals surface area contributed by atoms with E-state index in [1.807, 2.05) is 49.5 Å². The van der Waals surface area contributed by atoms with E-state index in [-0.39, 0.29) is 0 Å². The fourth-order valence-corrected chi connectivity index (χ4v) is 2.68. The Morgan fingerprint density at radius 3 is 2.05 bits per heavy atom. The van der Waals surface area contributed by atoms with Gasteiger partial charge >= 0.3 is 0 Å². The van der Waals surface area contributed by atoms with Gasteiger partial charge < -0.3 is 14.7 Å². The number of halogens is 1. The Kier molecular flexibility index (Phi) is 4.42. The number of nitrogens with zero attached hydrogens (tertiary/aromatic N) is 6. The lowest BCUT2D eigenvalue weighted by molar-refractivity contribution is 0.638. The summed E-state index contributed by atoms with van der Waals surface area (Å²) in [6, 6.07) is 8.12. The van der Waals surface area contributed by atoms with Gasteiger partial charge in [0, 0.05) is 50.9 Å². The van der Waals surface area contributed by atoms with Crippen LogP contribution in [0.5, 0.6) is 0 Å². The maximum absolute atomic E-state index is 4.46. The van der Waals surface area contributed by atoms with Crippen LogP contribution in [0.1, 0.15) is 0 Å². The minimum Gasteiger partial charge on any atom is -0.361 e. The molecule has 1 aliphatic heterocycles. The molecule has 0 radical (unpaired) electrons. The molecule has 0 atom stereocenters. The second-order valence-corrected chi connectivity index (χ2v) is 6.37. The summed E-state index contributed by atoms with van der Waals surface area (Å²) < 4.78 is 1.01. The van der Waals surface area contributed by atoms with Gasteiger partial charge in [-0.3, -0.25) is 0 Å². The van der Waals surface area contributed by atoms with Crippen LogP contribution in [-0.4, -0.2) is 55.5 Å². The van der Waals surface area contributed by atoms with Crippen molar-refractivity contribution in [3.8, 4) is 0 Å². The zero-order valence-electron chi connectivity index (χ0n) is 12.8. The van der Waals surface area contributed by atoms with Crippen molar-refractivity contribution >= 4 is 33.4 Å². The molecule has 1 fully saturated rings. The van der Waals surface area contributed by atoms with Crippen molar-refractivity contribution in [2.45, 2.75) is 0 Å². The minimum absolute atomic E-state index is 0.876. The van der Waals surface area contributed by atoms with Gasteiger partial charge in [-0.25, -0.2) is 4.98 Å². The van der Waals surface area contributed by atoms with Gasteiger partial charge in [-0.2, -0.15) is 0 Å². The molecular formula is C15H19BrN6. The molecule has 0 saturated carbocycles. The number of hydrogen-bond acceptors (Lipinski definition) is 6. The quantitative estimate of drug-likeness (QED) is 0.832. The molecule has 1 aliphatic rings. The third kappa shape index (κ3) is 3.30. The first-order valence-electron chi connectivity index (χ1n) is 7.26. The van der Waals surface area contributed by atoms with Crippen molar-refractivity contribution in [1.29, 1.82) is 0 Å². The molecule has 3 rings (SSSR count). The minimum atomic E-state index is 0.876. The third-order valence-electron chi connectivity index (χ3n) is 3.73. The van der Waals surface area contributed by atoms with Crippen molar-refractivity contribution in [2.75, 3.05) is 55.0 Å². The average Bonchev–Trinajstić information content (AvgIpc) is 2.56. The van der Waals surface area contributed by atoms with Crippen LogP contribution in [0.3, 0.4) is 0 Å². The van der Waals surface area contributed by atoms with Crippen molar-refractivity contribution in [3.63, 3.8) is 0 Å². The Balaban J connectivity index is 1.62. The normalized spacial score (nSPS) is 15.0. The summed E-state index contributed by atoms with van der Waals surface area (Å²) in [5.74, 6) is 2.84. The van der Waals surface area contributed by atoms with Gasteiger partial charge in [0.2, 0.25) is 0 Å². The van der Waals surface area contributed by atoms with Gasteiger partial charge in [-0.1, -0.05) is 0 Å². The van der Waals surface area contributed by atoms with Crippen LogP contribution < -0.4 is 14.7 Å². The molecule has 0 bridgehead atoms. The van der Waals surface area contributed by atoms with E-state index in [0.717, 1.165) is 48.1 Å². The molecule has 0 unspecified atom stereocenters.